The molecule has 3 rings (SSSR count). The van der Waals surface area contributed by atoms with E-state index in [1.54, 1.807) is 13.2 Å². The number of benzene rings is 3. The van der Waals surface area contributed by atoms with Gasteiger partial charge in [0.15, 0.2) is 5.78 Å². The molecule has 0 saturated carbocycles. The molecular formula is C33H44I2N2O3. The number of rotatable bonds is 11. The molecule has 0 fully saturated rings. The normalized spacial score (nSPS) is 11.5. The Morgan fingerprint density at radius 1 is 0.800 bits per heavy atom. The smallest absolute Gasteiger partial charge is 0.186 e. The molecule has 0 aromatic heterocycles. The van der Waals surface area contributed by atoms with Crippen LogP contribution in [0.1, 0.15) is 32.6 Å². The van der Waals surface area contributed by atoms with E-state index in [0.29, 0.717) is 23.2 Å². The Bertz CT molecular complexity index is 1300. The zero-order valence-corrected chi connectivity index (χ0v) is 29.7. The van der Waals surface area contributed by atoms with Crippen molar-refractivity contribution in [1.29, 1.82) is 0 Å². The average Bonchev–Trinajstić information content (AvgIpc) is 2.80. The lowest BCUT2D eigenvalue weighted by molar-refractivity contribution is -0.884. The summed E-state index contributed by atoms with van der Waals surface area (Å²) in [4.78, 5) is 13.4. The SMILES string of the molecule is COc1ccc(C(=O)/C=C/c2cc(-c3cc(C)cc(C)c3)ccc2OCC[N+](C)(C)C)c(C[N+](C)(C)C)c1.[I-].[I-]. The maximum absolute atomic E-state index is 13.4. The molecule has 0 bridgehead atoms. The van der Waals surface area contributed by atoms with E-state index in [0.717, 1.165) is 44.8 Å². The quantitative estimate of drug-likeness (QED) is 0.121. The summed E-state index contributed by atoms with van der Waals surface area (Å²) in [5.41, 5.74) is 7.24. The Hall–Kier alpha value is -1.95. The second kappa shape index (κ2) is 15.3. The number of halogens is 2. The van der Waals surface area contributed by atoms with Crippen molar-refractivity contribution in [1.82, 2.24) is 0 Å². The largest absolute Gasteiger partial charge is 1.00 e. The molecule has 0 atom stereocenters. The van der Waals surface area contributed by atoms with Gasteiger partial charge < -0.3 is 66.4 Å². The van der Waals surface area contributed by atoms with Gasteiger partial charge in [-0.15, -0.1) is 0 Å². The third-order valence-corrected chi connectivity index (χ3v) is 6.22. The van der Waals surface area contributed by atoms with Crippen LogP contribution >= 0.6 is 0 Å². The molecule has 0 aliphatic heterocycles. The van der Waals surface area contributed by atoms with E-state index in [4.69, 9.17) is 9.47 Å². The summed E-state index contributed by atoms with van der Waals surface area (Å²) in [6.45, 7) is 6.41. The number of ether oxygens (including phenoxy) is 2. The molecule has 0 aliphatic carbocycles. The average molecular weight is 771 g/mol. The highest BCUT2D eigenvalue weighted by atomic mass is 127. The van der Waals surface area contributed by atoms with Gasteiger partial charge >= 0.3 is 0 Å². The number of hydrogen-bond acceptors (Lipinski definition) is 3. The predicted molar refractivity (Wildman–Crippen MR) is 158 cm³/mol. The Balaban J connectivity index is 0.00000400. The molecule has 0 aliphatic rings. The fraction of sp³-hybridized carbons (Fsp3) is 0.364. The lowest BCUT2D eigenvalue weighted by Crippen LogP contribution is -3.00. The number of likely N-dealkylation sites (N-methyl/N-ethyl adjacent to an activating group) is 1. The molecule has 218 valence electrons. The first kappa shape index (κ1) is 36.1. The van der Waals surface area contributed by atoms with Crippen molar-refractivity contribution in [2.24, 2.45) is 0 Å². The number of quaternary nitrogens is 2. The first-order valence-corrected chi connectivity index (χ1v) is 13.1. The highest BCUT2D eigenvalue weighted by Gasteiger charge is 2.17. The minimum Gasteiger partial charge on any atom is -1.00 e. The first-order valence-electron chi connectivity index (χ1n) is 13.1. The van der Waals surface area contributed by atoms with Gasteiger partial charge in [-0.25, -0.2) is 0 Å². The Morgan fingerprint density at radius 2 is 1.45 bits per heavy atom. The maximum Gasteiger partial charge on any atom is 0.186 e. The van der Waals surface area contributed by atoms with Crippen LogP contribution < -0.4 is 57.4 Å². The molecule has 40 heavy (non-hydrogen) atoms. The van der Waals surface area contributed by atoms with Crippen LogP contribution in [-0.2, 0) is 6.54 Å². The molecule has 0 heterocycles. The molecular weight excluding hydrogens is 726 g/mol. The van der Waals surface area contributed by atoms with Crippen LogP contribution in [0.25, 0.3) is 17.2 Å². The summed E-state index contributed by atoms with van der Waals surface area (Å²) < 4.78 is 13.2. The fourth-order valence-corrected chi connectivity index (χ4v) is 4.40. The van der Waals surface area contributed by atoms with Gasteiger partial charge in [0.25, 0.3) is 0 Å². The van der Waals surface area contributed by atoms with Gasteiger partial charge in [-0.3, -0.25) is 4.79 Å². The van der Waals surface area contributed by atoms with E-state index in [1.165, 1.54) is 11.1 Å². The monoisotopic (exact) mass is 770 g/mol. The van der Waals surface area contributed by atoms with Gasteiger partial charge in [-0.05, 0) is 67.5 Å². The molecule has 7 heteroatoms. The second-order valence-corrected chi connectivity index (χ2v) is 12.2. The number of allylic oxidation sites excluding steroid dienone is 1. The van der Waals surface area contributed by atoms with Crippen LogP contribution in [0.5, 0.6) is 11.5 Å². The van der Waals surface area contributed by atoms with E-state index >= 15 is 0 Å². The number of aryl methyl sites for hydroxylation is 2. The van der Waals surface area contributed by atoms with Crippen molar-refractivity contribution in [3.05, 3.63) is 88.5 Å². The molecule has 0 radical (unpaired) electrons. The van der Waals surface area contributed by atoms with Gasteiger partial charge in [0.05, 0.1) is 49.4 Å². The highest BCUT2D eigenvalue weighted by molar-refractivity contribution is 6.08. The number of carbonyl (C=O) groups is 1. The standard InChI is InChI=1S/C33H44N2O3.2HI/c1-24-18-25(2)20-28(19-24)26-11-15-33(38-17-16-34(3,4)5)27(21-26)10-14-32(36)31-13-12-30(37-9)22-29(31)23-35(6,7)8;;/h10-15,18-22H,16-17,23H2,1-9H3;2*1H/q+2;;/p-2/b14-10+;;. The molecule has 0 N–H and O–H groups in total. The van der Waals surface area contributed by atoms with E-state index < -0.39 is 0 Å². The predicted octanol–water partition coefficient (Wildman–Crippen LogP) is 0.174. The van der Waals surface area contributed by atoms with Crippen LogP contribution in [0.2, 0.25) is 0 Å². The lowest BCUT2D eigenvalue weighted by Gasteiger charge is -2.25. The molecule has 5 nitrogen and oxygen atoms in total. The molecule has 0 spiro atoms. The van der Waals surface area contributed by atoms with Crippen LogP contribution in [0.15, 0.2) is 60.7 Å². The Kier molecular flexibility index (Phi) is 13.8. The minimum absolute atomic E-state index is 0. The maximum atomic E-state index is 13.4. The van der Waals surface area contributed by atoms with E-state index in [2.05, 4.69) is 86.5 Å². The summed E-state index contributed by atoms with van der Waals surface area (Å²) in [5.74, 6) is 1.49. The number of carbonyl (C=O) groups excluding carboxylic acids is 1. The first-order chi connectivity index (χ1) is 17.7. The van der Waals surface area contributed by atoms with Crippen molar-refractivity contribution in [2.75, 3.05) is 62.5 Å². The molecule has 0 amide bonds. The number of nitrogens with zero attached hydrogens (tertiary/aromatic N) is 2. The van der Waals surface area contributed by atoms with Gasteiger partial charge in [0.2, 0.25) is 0 Å². The zero-order chi connectivity index (χ0) is 28.1. The van der Waals surface area contributed by atoms with Gasteiger partial charge in [0.1, 0.15) is 31.2 Å². The zero-order valence-electron chi connectivity index (χ0n) is 25.3. The van der Waals surface area contributed by atoms with Gasteiger partial charge in [-0.1, -0.05) is 35.4 Å². The minimum atomic E-state index is -0.0368. The Labute approximate surface area is 275 Å². The van der Waals surface area contributed by atoms with Crippen LogP contribution in [-0.4, -0.2) is 77.3 Å². The molecule has 0 saturated heterocycles. The van der Waals surface area contributed by atoms with Crippen molar-refractivity contribution < 1.29 is 71.2 Å². The molecule has 0 unspecified atom stereocenters. The van der Waals surface area contributed by atoms with Crippen LogP contribution in [0, 0.1) is 13.8 Å². The fourth-order valence-electron chi connectivity index (χ4n) is 4.40. The Morgan fingerprint density at radius 3 is 2.02 bits per heavy atom. The van der Waals surface area contributed by atoms with E-state index in [1.807, 2.05) is 30.3 Å². The highest BCUT2D eigenvalue weighted by Crippen LogP contribution is 2.30. The second-order valence-electron chi connectivity index (χ2n) is 12.2. The van der Waals surface area contributed by atoms with Crippen molar-refractivity contribution in [3.63, 3.8) is 0 Å². The topological polar surface area (TPSA) is 35.5 Å². The van der Waals surface area contributed by atoms with Gasteiger partial charge in [-0.2, -0.15) is 0 Å². The molecule has 3 aromatic rings. The third-order valence-electron chi connectivity index (χ3n) is 6.22. The lowest BCUT2D eigenvalue weighted by atomic mass is 9.97. The van der Waals surface area contributed by atoms with Gasteiger partial charge in [0, 0.05) is 16.7 Å². The van der Waals surface area contributed by atoms with Crippen LogP contribution in [0.3, 0.4) is 0 Å². The third kappa shape index (κ3) is 11.1. The summed E-state index contributed by atoms with van der Waals surface area (Å²) >= 11 is 0. The van der Waals surface area contributed by atoms with Crippen molar-refractivity contribution >= 4 is 11.9 Å². The summed E-state index contributed by atoms with van der Waals surface area (Å²) in [5, 5.41) is 0. The number of methoxy groups -OCH3 is 1. The summed E-state index contributed by atoms with van der Waals surface area (Å²) in [7, 11) is 14.4. The van der Waals surface area contributed by atoms with Crippen LogP contribution in [0.4, 0.5) is 0 Å². The van der Waals surface area contributed by atoms with E-state index in [-0.39, 0.29) is 53.7 Å². The van der Waals surface area contributed by atoms with Crippen molar-refractivity contribution in [2.45, 2.75) is 20.4 Å². The molecule has 3 aromatic carbocycles. The van der Waals surface area contributed by atoms with Crippen molar-refractivity contribution in [3.8, 4) is 22.6 Å². The summed E-state index contributed by atoms with van der Waals surface area (Å²) in [6, 6.07) is 18.4. The number of ketones is 1. The summed E-state index contributed by atoms with van der Waals surface area (Å²) in [6.07, 6.45) is 3.55. The number of hydrogen-bond donors (Lipinski definition) is 0. The van der Waals surface area contributed by atoms with E-state index in [9.17, 15) is 4.79 Å².